The minimum Gasteiger partial charge on any atom is -0.490 e. The fraction of sp³-hybridized carbons (Fsp3) is 0.500. The van der Waals surface area contributed by atoms with Gasteiger partial charge in [0.25, 0.3) is 5.91 Å². The first-order chi connectivity index (χ1) is 15.5. The number of ether oxygens (including phenoxy) is 2. The van der Waals surface area contributed by atoms with Crippen molar-refractivity contribution in [3.8, 4) is 11.5 Å². The Hall–Kier alpha value is -2.24. The van der Waals surface area contributed by atoms with E-state index in [2.05, 4.69) is 17.6 Å². The molecular formula is C26H37ClN2O3. The average molecular weight is 461 g/mol. The van der Waals surface area contributed by atoms with E-state index in [1.165, 1.54) is 38.5 Å². The maximum Gasteiger partial charge on any atom is 0.262 e. The Labute approximate surface area is 197 Å². The largest absolute Gasteiger partial charge is 0.490 e. The number of unbranched alkanes of at least 4 members (excludes halogenated alkanes) is 5. The molecule has 0 aliphatic rings. The molecule has 0 aliphatic carbocycles. The zero-order chi connectivity index (χ0) is 23.2. The van der Waals surface area contributed by atoms with Crippen molar-refractivity contribution in [2.24, 2.45) is 0 Å². The lowest BCUT2D eigenvalue weighted by atomic mass is 10.1. The quantitative estimate of drug-likeness (QED) is 0.297. The highest BCUT2D eigenvalue weighted by Crippen LogP contribution is 2.36. The molecule has 0 saturated carbocycles. The minimum absolute atomic E-state index is 0.150. The Morgan fingerprint density at radius 3 is 2.41 bits per heavy atom. The van der Waals surface area contributed by atoms with Crippen LogP contribution in [-0.2, 0) is 11.3 Å². The van der Waals surface area contributed by atoms with E-state index in [4.69, 9.17) is 21.1 Å². The van der Waals surface area contributed by atoms with E-state index in [-0.39, 0.29) is 12.5 Å². The maximum atomic E-state index is 12.3. The van der Waals surface area contributed by atoms with Gasteiger partial charge in [0.05, 0.1) is 11.6 Å². The van der Waals surface area contributed by atoms with Gasteiger partial charge >= 0.3 is 0 Å². The highest BCUT2D eigenvalue weighted by molar-refractivity contribution is 6.32. The first kappa shape index (κ1) is 26.0. The smallest absolute Gasteiger partial charge is 0.262 e. The van der Waals surface area contributed by atoms with Crippen LogP contribution in [0.3, 0.4) is 0 Å². The van der Waals surface area contributed by atoms with Crippen LogP contribution in [0.15, 0.2) is 36.4 Å². The molecule has 0 spiro atoms. The van der Waals surface area contributed by atoms with E-state index >= 15 is 0 Å². The van der Waals surface area contributed by atoms with Crippen LogP contribution in [0, 0.1) is 6.92 Å². The minimum atomic E-state index is -0.253. The monoisotopic (exact) mass is 460 g/mol. The number of rotatable bonds is 15. The van der Waals surface area contributed by atoms with Crippen molar-refractivity contribution in [3.63, 3.8) is 0 Å². The Kier molecular flexibility index (Phi) is 12.0. The number of amides is 1. The topological polar surface area (TPSA) is 59.6 Å². The third-order valence-electron chi connectivity index (χ3n) is 5.09. The van der Waals surface area contributed by atoms with Crippen molar-refractivity contribution < 1.29 is 14.3 Å². The van der Waals surface area contributed by atoms with Gasteiger partial charge in [0.1, 0.15) is 0 Å². The Bertz CT molecular complexity index is 825. The van der Waals surface area contributed by atoms with E-state index < -0.39 is 0 Å². The molecule has 5 nitrogen and oxygen atoms in total. The van der Waals surface area contributed by atoms with Crippen molar-refractivity contribution in [2.75, 3.05) is 25.1 Å². The summed E-state index contributed by atoms with van der Waals surface area (Å²) in [5, 5.41) is 6.73. The van der Waals surface area contributed by atoms with Crippen molar-refractivity contribution in [2.45, 2.75) is 65.8 Å². The number of hydrogen-bond donors (Lipinski definition) is 2. The second-order valence-electron chi connectivity index (χ2n) is 7.99. The van der Waals surface area contributed by atoms with E-state index in [1.807, 2.05) is 50.2 Å². The van der Waals surface area contributed by atoms with Crippen LogP contribution < -0.4 is 20.1 Å². The van der Waals surface area contributed by atoms with E-state index in [1.54, 1.807) is 0 Å². The molecule has 2 aromatic rings. The lowest BCUT2D eigenvalue weighted by Gasteiger charge is -2.15. The standard InChI is InChI=1S/C26H37ClN2O3/c1-4-6-7-8-9-10-15-28-18-21-16-23(27)26(24(17-21)31-5-2)32-19-25(30)29-22-13-11-20(3)12-14-22/h11-14,16-17,28H,4-10,15,18-19H2,1-3H3,(H,29,30). The molecule has 0 atom stereocenters. The third-order valence-corrected chi connectivity index (χ3v) is 5.37. The summed E-state index contributed by atoms with van der Waals surface area (Å²) in [6, 6.07) is 11.4. The predicted octanol–water partition coefficient (Wildman–Crippen LogP) is 6.51. The normalized spacial score (nSPS) is 10.8. The second kappa shape index (κ2) is 14.8. The van der Waals surface area contributed by atoms with E-state index in [0.717, 1.165) is 23.4 Å². The number of carbonyl (C=O) groups is 1. The van der Waals surface area contributed by atoms with Crippen molar-refractivity contribution >= 4 is 23.2 Å². The molecule has 0 radical (unpaired) electrons. The number of hydrogen-bond acceptors (Lipinski definition) is 4. The zero-order valence-electron chi connectivity index (χ0n) is 19.6. The maximum absolute atomic E-state index is 12.3. The van der Waals surface area contributed by atoms with Crippen LogP contribution in [0.2, 0.25) is 5.02 Å². The Balaban J connectivity index is 1.86. The molecule has 32 heavy (non-hydrogen) atoms. The molecule has 2 rings (SSSR count). The summed E-state index contributed by atoms with van der Waals surface area (Å²) >= 11 is 6.48. The predicted molar refractivity (Wildman–Crippen MR) is 133 cm³/mol. The molecular weight excluding hydrogens is 424 g/mol. The molecule has 0 bridgehead atoms. The molecule has 0 heterocycles. The molecule has 0 unspecified atom stereocenters. The molecule has 0 saturated heterocycles. The molecule has 0 aliphatic heterocycles. The SMILES string of the molecule is CCCCCCCCNCc1cc(Cl)c(OCC(=O)Nc2ccc(C)cc2)c(OCC)c1. The molecule has 0 aromatic heterocycles. The number of anilines is 1. The van der Waals surface area contributed by atoms with Crippen LogP contribution in [-0.4, -0.2) is 25.7 Å². The van der Waals surface area contributed by atoms with Crippen LogP contribution in [0.4, 0.5) is 5.69 Å². The summed E-state index contributed by atoms with van der Waals surface area (Å²) in [4.78, 5) is 12.3. The third kappa shape index (κ3) is 9.49. The van der Waals surface area contributed by atoms with Gasteiger partial charge in [-0.05, 0) is 56.6 Å². The highest BCUT2D eigenvalue weighted by Gasteiger charge is 2.14. The fourth-order valence-corrected chi connectivity index (χ4v) is 3.65. The van der Waals surface area contributed by atoms with Crippen molar-refractivity contribution in [1.29, 1.82) is 0 Å². The zero-order valence-corrected chi connectivity index (χ0v) is 20.4. The summed E-state index contributed by atoms with van der Waals surface area (Å²) in [6.07, 6.45) is 7.67. The lowest BCUT2D eigenvalue weighted by Crippen LogP contribution is -2.20. The van der Waals surface area contributed by atoms with Gasteiger partial charge in [-0.3, -0.25) is 4.79 Å². The molecule has 2 aromatic carbocycles. The van der Waals surface area contributed by atoms with E-state index in [0.29, 0.717) is 29.7 Å². The number of halogens is 1. The van der Waals surface area contributed by atoms with Crippen LogP contribution >= 0.6 is 11.6 Å². The van der Waals surface area contributed by atoms with Gasteiger partial charge in [-0.1, -0.05) is 68.3 Å². The van der Waals surface area contributed by atoms with Gasteiger partial charge in [-0.15, -0.1) is 0 Å². The summed E-state index contributed by atoms with van der Waals surface area (Å²) in [6.45, 7) is 8.17. The number of carbonyl (C=O) groups excluding carboxylic acids is 1. The molecule has 1 amide bonds. The first-order valence-electron chi connectivity index (χ1n) is 11.7. The number of aryl methyl sites for hydroxylation is 1. The van der Waals surface area contributed by atoms with E-state index in [9.17, 15) is 4.79 Å². The number of nitrogens with one attached hydrogen (secondary N) is 2. The number of benzene rings is 2. The lowest BCUT2D eigenvalue weighted by molar-refractivity contribution is -0.118. The van der Waals surface area contributed by atoms with Crippen molar-refractivity contribution in [3.05, 3.63) is 52.5 Å². The molecule has 0 fully saturated rings. The fourth-order valence-electron chi connectivity index (χ4n) is 3.36. The van der Waals surface area contributed by atoms with Gasteiger partial charge in [0.15, 0.2) is 18.1 Å². The summed E-state index contributed by atoms with van der Waals surface area (Å²) < 4.78 is 11.5. The van der Waals surface area contributed by atoms with Gasteiger partial charge in [-0.25, -0.2) is 0 Å². The van der Waals surface area contributed by atoms with Gasteiger partial charge < -0.3 is 20.1 Å². The highest BCUT2D eigenvalue weighted by atomic mass is 35.5. The average Bonchev–Trinajstić information content (AvgIpc) is 2.77. The summed E-state index contributed by atoms with van der Waals surface area (Å²) in [5.74, 6) is 0.698. The summed E-state index contributed by atoms with van der Waals surface area (Å²) in [7, 11) is 0. The van der Waals surface area contributed by atoms with Crippen molar-refractivity contribution in [1.82, 2.24) is 5.32 Å². The Morgan fingerprint density at radius 1 is 0.969 bits per heavy atom. The van der Waals surface area contributed by atoms with Crippen LogP contribution in [0.5, 0.6) is 11.5 Å². The molecule has 2 N–H and O–H groups in total. The molecule has 6 heteroatoms. The van der Waals surface area contributed by atoms with Crippen LogP contribution in [0.1, 0.15) is 63.5 Å². The summed E-state index contributed by atoms with van der Waals surface area (Å²) in [5.41, 5.74) is 2.89. The second-order valence-corrected chi connectivity index (χ2v) is 8.39. The van der Waals surface area contributed by atoms with Crippen LogP contribution in [0.25, 0.3) is 0 Å². The first-order valence-corrected chi connectivity index (χ1v) is 12.1. The van der Waals surface area contributed by atoms with Gasteiger partial charge in [0.2, 0.25) is 0 Å². The van der Waals surface area contributed by atoms with Gasteiger partial charge in [0, 0.05) is 12.2 Å². The van der Waals surface area contributed by atoms with Gasteiger partial charge in [-0.2, -0.15) is 0 Å². The Morgan fingerprint density at radius 2 is 1.69 bits per heavy atom. The molecule has 176 valence electrons.